The maximum Gasteiger partial charge on any atom is 0.336 e. The summed E-state index contributed by atoms with van der Waals surface area (Å²) in [5.41, 5.74) is 18.3. The van der Waals surface area contributed by atoms with Crippen LogP contribution in [0.15, 0.2) is 0 Å². The van der Waals surface area contributed by atoms with Crippen molar-refractivity contribution in [3.8, 4) is 0 Å². The van der Waals surface area contributed by atoms with Crippen molar-refractivity contribution in [1.29, 1.82) is 0 Å². The third-order valence-corrected chi connectivity index (χ3v) is 2.37. The number of carboxylic acids is 2. The molecule has 0 amide bonds. The van der Waals surface area contributed by atoms with E-state index in [1.165, 1.54) is 0 Å². The van der Waals surface area contributed by atoms with Crippen LogP contribution in [0.5, 0.6) is 0 Å². The zero-order valence-corrected chi connectivity index (χ0v) is 11.1. The van der Waals surface area contributed by atoms with E-state index in [0.717, 1.165) is 12.8 Å². The summed E-state index contributed by atoms with van der Waals surface area (Å²) in [6, 6.07) is 0. The molecule has 0 aromatic heterocycles. The van der Waals surface area contributed by atoms with E-state index in [1.807, 2.05) is 0 Å². The Morgan fingerprint density at radius 2 is 1.00 bits per heavy atom. The maximum absolute atomic E-state index is 10.5. The Bertz CT molecular complexity index is 318. The van der Waals surface area contributed by atoms with Crippen molar-refractivity contribution in [3.05, 3.63) is 0 Å². The topological polar surface area (TPSA) is 236 Å². The molecule has 1 aliphatic carbocycles. The van der Waals surface area contributed by atoms with Gasteiger partial charge in [-0.1, -0.05) is 12.8 Å². The fraction of sp³-hybridized carbons (Fsp3) is 0.600. The molecule has 1 fully saturated rings. The van der Waals surface area contributed by atoms with E-state index >= 15 is 0 Å². The molecule has 0 radical (unpaired) electrons. The number of carbonyl (C=O) groups excluding carboxylic acids is 2. The van der Waals surface area contributed by atoms with Gasteiger partial charge >= 0.3 is 11.9 Å². The summed E-state index contributed by atoms with van der Waals surface area (Å²) >= 11 is 0. The normalized spacial score (nSPS) is 20.2. The molecule has 0 heterocycles. The molecule has 10 heteroatoms. The van der Waals surface area contributed by atoms with Gasteiger partial charge in [0.15, 0.2) is 0 Å². The quantitative estimate of drug-likeness (QED) is 0.210. The maximum atomic E-state index is 10.5. The number of hydrogen-bond acceptors (Lipinski definition) is 4. The van der Waals surface area contributed by atoms with Crippen LogP contribution >= 0.6 is 0 Å². The highest BCUT2D eigenvalue weighted by molar-refractivity contribution is 5.78. The summed E-state index contributed by atoms with van der Waals surface area (Å²) in [5.74, 6) is -4.37. The first-order valence-corrected chi connectivity index (χ1v) is 5.78. The minimum Gasteiger partial charge on any atom is -0.550 e. The summed E-state index contributed by atoms with van der Waals surface area (Å²) in [7, 11) is 0. The Balaban J connectivity index is 0. The van der Waals surface area contributed by atoms with Crippen LogP contribution < -0.4 is 44.0 Å². The monoisotopic (exact) mass is 290 g/mol. The minimum atomic E-state index is -1.26. The first kappa shape index (κ1) is 19.8. The Morgan fingerprint density at radius 3 is 1.15 bits per heavy atom. The third-order valence-electron chi connectivity index (χ3n) is 2.37. The van der Waals surface area contributed by atoms with Crippen molar-refractivity contribution in [2.75, 3.05) is 0 Å². The summed E-state index contributed by atoms with van der Waals surface area (Å²) in [4.78, 5) is 20.9. The molecule has 10 nitrogen and oxygen atoms in total. The number of aliphatic carboxylic acids is 2. The molecule has 0 saturated heterocycles. The third kappa shape index (κ3) is 12.0. The molecule has 0 unspecified atom stereocenters. The zero-order chi connectivity index (χ0) is 16.3. The highest BCUT2D eigenvalue weighted by Gasteiger charge is 2.26. The van der Waals surface area contributed by atoms with E-state index in [4.69, 9.17) is 0 Å². The molecule has 20 heavy (non-hydrogen) atoms. The molecule has 0 aromatic carbocycles. The van der Waals surface area contributed by atoms with Crippen molar-refractivity contribution < 1.29 is 30.6 Å². The molecule has 0 spiro atoms. The molecule has 0 aliphatic heterocycles. The van der Waals surface area contributed by atoms with Gasteiger partial charge in [-0.3, -0.25) is 33.8 Å². The SMILES string of the molecule is NC(N)=[NH2+].NC(N)=[NH2+].O=C([O-])[C@H]1CCCC[C@H]1C(=O)[O-]. The Morgan fingerprint density at radius 1 is 0.800 bits per heavy atom. The number of guanidine groups is 2. The fourth-order valence-corrected chi connectivity index (χ4v) is 1.70. The first-order chi connectivity index (χ1) is 9.09. The highest BCUT2D eigenvalue weighted by atomic mass is 16.4. The largest absolute Gasteiger partial charge is 0.550 e. The molecule has 1 saturated carbocycles. The van der Waals surface area contributed by atoms with Crippen molar-refractivity contribution in [3.63, 3.8) is 0 Å². The molecular weight excluding hydrogens is 268 g/mol. The number of rotatable bonds is 2. The lowest BCUT2D eigenvalue weighted by molar-refractivity contribution is -0.328. The van der Waals surface area contributed by atoms with Gasteiger partial charge in [-0.2, -0.15) is 0 Å². The lowest BCUT2D eigenvalue weighted by Gasteiger charge is -2.32. The molecule has 116 valence electrons. The second-order valence-corrected chi connectivity index (χ2v) is 4.14. The predicted octanol–water partition coefficient (Wildman–Crippen LogP) is -7.67. The van der Waals surface area contributed by atoms with Crippen molar-refractivity contribution in [2.24, 2.45) is 34.8 Å². The Hall–Kier alpha value is -2.52. The lowest BCUT2D eigenvalue weighted by Crippen LogP contribution is -2.51. The van der Waals surface area contributed by atoms with Gasteiger partial charge in [0, 0.05) is 23.8 Å². The van der Waals surface area contributed by atoms with Crippen molar-refractivity contribution >= 4 is 23.9 Å². The smallest absolute Gasteiger partial charge is 0.336 e. The van der Waals surface area contributed by atoms with E-state index < -0.39 is 23.8 Å². The van der Waals surface area contributed by atoms with Crippen molar-refractivity contribution in [1.82, 2.24) is 0 Å². The van der Waals surface area contributed by atoms with Gasteiger partial charge in [-0.25, -0.2) is 0 Å². The van der Waals surface area contributed by atoms with E-state index in [-0.39, 0.29) is 11.9 Å². The van der Waals surface area contributed by atoms with Gasteiger partial charge in [-0.05, 0) is 12.8 Å². The summed E-state index contributed by atoms with van der Waals surface area (Å²) in [5, 5.41) is 30.1. The standard InChI is InChI=1S/C8H12O4.2CH5N3/c9-7(10)5-3-1-2-4-6(5)8(11)12;2*2-1(3)4/h5-6H,1-4H2,(H,9,10)(H,11,12);2*(H5,2,3,4)/t5-,6+;;. The molecule has 1 aliphatic rings. The summed E-state index contributed by atoms with van der Waals surface area (Å²) in [6.45, 7) is 0. The Kier molecular flexibility index (Phi) is 10.3. The fourth-order valence-electron chi connectivity index (χ4n) is 1.70. The average Bonchev–Trinajstić information content (AvgIpc) is 2.27. The van der Waals surface area contributed by atoms with Gasteiger partial charge in [-0.15, -0.1) is 0 Å². The van der Waals surface area contributed by atoms with Crippen LogP contribution in [0.1, 0.15) is 25.7 Å². The number of nitrogens with two attached hydrogens (primary N) is 6. The van der Waals surface area contributed by atoms with Crippen LogP contribution in [0.3, 0.4) is 0 Å². The van der Waals surface area contributed by atoms with Gasteiger partial charge < -0.3 is 19.8 Å². The molecule has 1 rings (SSSR count). The van der Waals surface area contributed by atoms with Gasteiger partial charge in [0.25, 0.3) is 0 Å². The number of carbonyl (C=O) groups is 2. The van der Waals surface area contributed by atoms with Crippen LogP contribution in [-0.4, -0.2) is 23.9 Å². The molecule has 0 aromatic rings. The van der Waals surface area contributed by atoms with Crippen LogP contribution in [-0.2, 0) is 9.59 Å². The van der Waals surface area contributed by atoms with Crippen LogP contribution in [0.25, 0.3) is 0 Å². The highest BCUT2D eigenvalue weighted by Crippen LogP contribution is 2.28. The molecular formula is C10H22N6O4. The predicted molar refractivity (Wildman–Crippen MR) is 66.1 cm³/mol. The average molecular weight is 290 g/mol. The zero-order valence-electron chi connectivity index (χ0n) is 11.1. The number of hydrogen-bond donors (Lipinski definition) is 6. The summed E-state index contributed by atoms with van der Waals surface area (Å²) < 4.78 is 0. The minimum absolute atomic E-state index is 0.0833. The van der Waals surface area contributed by atoms with E-state index in [9.17, 15) is 19.8 Å². The van der Waals surface area contributed by atoms with Crippen LogP contribution in [0, 0.1) is 11.8 Å². The van der Waals surface area contributed by atoms with Gasteiger partial charge in [0.2, 0.25) is 0 Å². The van der Waals surface area contributed by atoms with Crippen molar-refractivity contribution in [2.45, 2.75) is 25.7 Å². The Labute approximate surface area is 116 Å². The van der Waals surface area contributed by atoms with E-state index in [2.05, 4.69) is 33.8 Å². The van der Waals surface area contributed by atoms with E-state index in [0.29, 0.717) is 12.8 Å². The van der Waals surface area contributed by atoms with Crippen LogP contribution in [0.4, 0.5) is 0 Å². The second kappa shape index (κ2) is 10.4. The molecule has 2 atom stereocenters. The second-order valence-electron chi connectivity index (χ2n) is 4.14. The number of carboxylic acid groups (broad SMARTS) is 2. The molecule has 0 bridgehead atoms. The van der Waals surface area contributed by atoms with Gasteiger partial charge in [0.1, 0.15) is 0 Å². The first-order valence-electron chi connectivity index (χ1n) is 5.78. The van der Waals surface area contributed by atoms with Crippen LogP contribution in [0.2, 0.25) is 0 Å². The van der Waals surface area contributed by atoms with Gasteiger partial charge in [0.05, 0.1) is 0 Å². The molecule has 12 N–H and O–H groups in total. The van der Waals surface area contributed by atoms with E-state index in [1.54, 1.807) is 0 Å². The summed E-state index contributed by atoms with van der Waals surface area (Å²) in [6.07, 6.45) is 2.34. The lowest BCUT2D eigenvalue weighted by atomic mass is 9.79.